The Labute approximate surface area is 112 Å². The highest BCUT2D eigenvalue weighted by Crippen LogP contribution is 2.21. The van der Waals surface area contributed by atoms with E-state index in [1.165, 1.54) is 0 Å². The number of nitrogens with one attached hydrogen (secondary N) is 1. The maximum Gasteiger partial charge on any atom is 0.180 e. The molecule has 6 heteroatoms. The van der Waals surface area contributed by atoms with Gasteiger partial charge >= 0.3 is 0 Å². The van der Waals surface area contributed by atoms with Crippen LogP contribution in [0.2, 0.25) is 0 Å². The molecule has 0 saturated heterocycles. The largest absolute Gasteiger partial charge is 0.391 e. The van der Waals surface area contributed by atoms with E-state index in [2.05, 4.69) is 36.1 Å². The van der Waals surface area contributed by atoms with Crippen LogP contribution >= 0.6 is 0 Å². The monoisotopic (exact) mass is 263 g/mol. The molecule has 104 valence electrons. The van der Waals surface area contributed by atoms with Crippen molar-refractivity contribution < 1.29 is 5.11 Å². The van der Waals surface area contributed by atoms with Gasteiger partial charge in [-0.25, -0.2) is 9.97 Å². The maximum absolute atomic E-state index is 9.99. The van der Waals surface area contributed by atoms with Gasteiger partial charge in [-0.15, -0.1) is 0 Å². The Morgan fingerprint density at radius 2 is 2.21 bits per heavy atom. The zero-order valence-electron chi connectivity index (χ0n) is 11.6. The molecule has 1 atom stereocenters. The van der Waals surface area contributed by atoms with Gasteiger partial charge in [-0.3, -0.25) is 0 Å². The Balaban J connectivity index is 2.07. The fourth-order valence-electron chi connectivity index (χ4n) is 2.06. The van der Waals surface area contributed by atoms with Crippen LogP contribution in [0.15, 0.2) is 18.6 Å². The number of anilines is 2. The second-order valence-electron chi connectivity index (χ2n) is 5.97. The second kappa shape index (κ2) is 5.05. The minimum atomic E-state index is -0.432. The van der Waals surface area contributed by atoms with Crippen LogP contribution in [0, 0.1) is 5.41 Å². The first-order valence-electron chi connectivity index (χ1n) is 6.36. The highest BCUT2D eigenvalue weighted by atomic mass is 16.3. The normalized spacial score (nSPS) is 13.7. The van der Waals surface area contributed by atoms with E-state index in [0.29, 0.717) is 30.2 Å². The van der Waals surface area contributed by atoms with Crippen LogP contribution in [0.25, 0.3) is 5.65 Å². The van der Waals surface area contributed by atoms with Gasteiger partial charge in [-0.2, -0.15) is 0 Å². The van der Waals surface area contributed by atoms with E-state index in [1.807, 2.05) is 6.20 Å². The lowest BCUT2D eigenvalue weighted by Gasteiger charge is -2.22. The topological polar surface area (TPSA) is 88.5 Å². The fraction of sp³-hybridized carbons (Fsp3) is 0.538. The van der Waals surface area contributed by atoms with E-state index in [-0.39, 0.29) is 5.41 Å². The Morgan fingerprint density at radius 3 is 2.89 bits per heavy atom. The average Bonchev–Trinajstić information content (AvgIpc) is 2.71. The fourth-order valence-corrected chi connectivity index (χ4v) is 2.06. The van der Waals surface area contributed by atoms with Gasteiger partial charge in [-0.05, 0) is 11.8 Å². The lowest BCUT2D eigenvalue weighted by molar-refractivity contribution is 0.132. The van der Waals surface area contributed by atoms with Crippen LogP contribution in [0.4, 0.5) is 11.6 Å². The number of aromatic nitrogens is 3. The maximum atomic E-state index is 9.99. The van der Waals surface area contributed by atoms with Gasteiger partial charge in [0, 0.05) is 18.9 Å². The molecule has 0 fully saturated rings. The standard InChI is InChI=1S/C13H21N5O/c1-13(2,3)6-9(19)7-16-11-12-15-4-5-18(12)8-10(14)17-11/h4-5,8-9,19H,6-7,14H2,1-3H3,(H,16,17). The first-order valence-corrected chi connectivity index (χ1v) is 6.36. The summed E-state index contributed by atoms with van der Waals surface area (Å²) in [5.74, 6) is 1.01. The Hall–Kier alpha value is -1.82. The number of nitrogen functional groups attached to an aromatic ring is 1. The molecule has 0 aliphatic carbocycles. The molecule has 0 aromatic carbocycles. The first kappa shape index (κ1) is 13.6. The molecular weight excluding hydrogens is 242 g/mol. The summed E-state index contributed by atoms with van der Waals surface area (Å²) < 4.78 is 1.81. The number of aliphatic hydroxyl groups excluding tert-OH is 1. The number of nitrogens with zero attached hydrogens (tertiary/aromatic N) is 3. The number of imidazole rings is 1. The first-order chi connectivity index (χ1) is 8.85. The van der Waals surface area contributed by atoms with Crippen molar-refractivity contribution in [3.8, 4) is 0 Å². The molecule has 2 aromatic rings. The molecule has 2 rings (SSSR count). The Kier molecular flexibility index (Phi) is 3.61. The summed E-state index contributed by atoms with van der Waals surface area (Å²) in [5.41, 5.74) is 6.53. The van der Waals surface area contributed by atoms with Crippen molar-refractivity contribution in [2.24, 2.45) is 5.41 Å². The molecule has 0 spiro atoms. The SMILES string of the molecule is CC(C)(C)CC(O)CNc1nc(N)cn2ccnc12. The van der Waals surface area contributed by atoms with Crippen LogP contribution in [0.5, 0.6) is 0 Å². The molecule has 0 radical (unpaired) electrons. The second-order valence-corrected chi connectivity index (χ2v) is 5.97. The minimum Gasteiger partial charge on any atom is -0.391 e. The van der Waals surface area contributed by atoms with E-state index < -0.39 is 6.10 Å². The predicted octanol–water partition coefficient (Wildman–Crippen LogP) is 1.52. The summed E-state index contributed by atoms with van der Waals surface area (Å²) >= 11 is 0. The zero-order chi connectivity index (χ0) is 14.0. The van der Waals surface area contributed by atoms with E-state index >= 15 is 0 Å². The van der Waals surface area contributed by atoms with Crippen molar-refractivity contribution in [2.45, 2.75) is 33.3 Å². The quantitative estimate of drug-likeness (QED) is 0.778. The van der Waals surface area contributed by atoms with E-state index in [0.717, 1.165) is 0 Å². The van der Waals surface area contributed by atoms with Crippen LogP contribution in [-0.2, 0) is 0 Å². The molecule has 4 N–H and O–H groups in total. The van der Waals surface area contributed by atoms with Gasteiger partial charge in [0.2, 0.25) is 0 Å². The van der Waals surface area contributed by atoms with Gasteiger partial charge in [0.05, 0.1) is 12.3 Å². The molecule has 1 unspecified atom stereocenters. The molecule has 0 aliphatic heterocycles. The van der Waals surface area contributed by atoms with Gasteiger partial charge in [0.15, 0.2) is 11.5 Å². The van der Waals surface area contributed by atoms with Crippen molar-refractivity contribution in [3.05, 3.63) is 18.6 Å². The number of fused-ring (bicyclic) bond motifs is 1. The Bertz CT molecular complexity index is 558. The summed E-state index contributed by atoms with van der Waals surface area (Å²) in [4.78, 5) is 8.43. The summed E-state index contributed by atoms with van der Waals surface area (Å²) in [6, 6.07) is 0. The number of rotatable bonds is 4. The van der Waals surface area contributed by atoms with Crippen LogP contribution in [-0.4, -0.2) is 32.1 Å². The highest BCUT2D eigenvalue weighted by molar-refractivity contribution is 5.64. The lowest BCUT2D eigenvalue weighted by Crippen LogP contribution is -2.25. The average molecular weight is 263 g/mol. The van der Waals surface area contributed by atoms with Crippen molar-refractivity contribution in [1.29, 1.82) is 0 Å². The summed E-state index contributed by atoms with van der Waals surface area (Å²) in [6.45, 7) is 6.72. The smallest absolute Gasteiger partial charge is 0.180 e. The molecule has 0 saturated carbocycles. The molecule has 0 bridgehead atoms. The Morgan fingerprint density at radius 1 is 1.47 bits per heavy atom. The van der Waals surface area contributed by atoms with E-state index in [9.17, 15) is 5.11 Å². The molecule has 0 aliphatic rings. The zero-order valence-corrected chi connectivity index (χ0v) is 11.6. The molecule has 6 nitrogen and oxygen atoms in total. The van der Waals surface area contributed by atoms with Crippen molar-refractivity contribution in [3.63, 3.8) is 0 Å². The van der Waals surface area contributed by atoms with Gasteiger partial charge in [0.25, 0.3) is 0 Å². The molecule has 2 aromatic heterocycles. The van der Waals surface area contributed by atoms with Gasteiger partial charge in [0.1, 0.15) is 5.82 Å². The number of hydrogen-bond acceptors (Lipinski definition) is 5. The minimum absolute atomic E-state index is 0.0901. The summed E-state index contributed by atoms with van der Waals surface area (Å²) in [7, 11) is 0. The summed E-state index contributed by atoms with van der Waals surface area (Å²) in [5, 5.41) is 13.1. The summed E-state index contributed by atoms with van der Waals surface area (Å²) in [6.07, 6.45) is 5.49. The molecule has 19 heavy (non-hydrogen) atoms. The van der Waals surface area contributed by atoms with Gasteiger partial charge in [-0.1, -0.05) is 20.8 Å². The third kappa shape index (κ3) is 3.57. The van der Waals surface area contributed by atoms with Crippen LogP contribution in [0.3, 0.4) is 0 Å². The van der Waals surface area contributed by atoms with Crippen LogP contribution in [0.1, 0.15) is 27.2 Å². The van der Waals surface area contributed by atoms with E-state index in [1.54, 1.807) is 16.8 Å². The number of aliphatic hydroxyl groups is 1. The van der Waals surface area contributed by atoms with Crippen LogP contribution < -0.4 is 11.1 Å². The molecule has 2 heterocycles. The molecule has 0 amide bonds. The third-order valence-electron chi connectivity index (χ3n) is 2.75. The van der Waals surface area contributed by atoms with E-state index in [4.69, 9.17) is 5.73 Å². The van der Waals surface area contributed by atoms with Crippen molar-refractivity contribution in [1.82, 2.24) is 14.4 Å². The predicted molar refractivity (Wildman–Crippen MR) is 76.0 cm³/mol. The van der Waals surface area contributed by atoms with Gasteiger partial charge < -0.3 is 20.6 Å². The van der Waals surface area contributed by atoms with Crippen molar-refractivity contribution >= 4 is 17.3 Å². The van der Waals surface area contributed by atoms with Crippen molar-refractivity contribution in [2.75, 3.05) is 17.6 Å². The number of hydrogen-bond donors (Lipinski definition) is 3. The lowest BCUT2D eigenvalue weighted by atomic mass is 9.89. The molecular formula is C13H21N5O. The third-order valence-corrected chi connectivity index (χ3v) is 2.75. The highest BCUT2D eigenvalue weighted by Gasteiger charge is 2.17. The number of nitrogens with two attached hydrogens (primary N) is 1.